The van der Waals surface area contributed by atoms with Crippen molar-refractivity contribution in [2.75, 3.05) is 0 Å². The first-order chi connectivity index (χ1) is 15.7. The molecular weight excluding hydrogens is 563 g/mol. The van der Waals surface area contributed by atoms with Crippen LogP contribution in [0.4, 0.5) is 0 Å². The number of alkyl halides is 1. The lowest BCUT2D eigenvalue weighted by molar-refractivity contribution is 0.752. The van der Waals surface area contributed by atoms with E-state index in [9.17, 15) is 0 Å². The van der Waals surface area contributed by atoms with Crippen LogP contribution in [0.2, 0.25) is 0 Å². The summed E-state index contributed by atoms with van der Waals surface area (Å²) in [4.78, 5) is 3.95. The quantitative estimate of drug-likeness (QED) is 0.147. The van der Waals surface area contributed by atoms with E-state index in [-0.39, 0.29) is 0 Å². The highest BCUT2D eigenvalue weighted by atomic mass is 127. The van der Waals surface area contributed by atoms with Crippen molar-refractivity contribution in [1.82, 2.24) is 0 Å². The van der Waals surface area contributed by atoms with Gasteiger partial charge in [-0.15, -0.1) is 11.8 Å². The molecule has 32 heavy (non-hydrogen) atoms. The SMILES string of the molecule is IC1(Sc2ccccc2)CC1.c1ccc(C2CC2)c(SOSc2ccccc2C2CC2)c1. The minimum atomic E-state index is 0.541. The summed E-state index contributed by atoms with van der Waals surface area (Å²) in [5, 5.41) is 0. The molecule has 0 radical (unpaired) electrons. The fourth-order valence-corrected chi connectivity index (χ4v) is 7.27. The Morgan fingerprint density at radius 1 is 0.656 bits per heavy atom. The second kappa shape index (κ2) is 10.8. The Bertz CT molecular complexity index is 974. The molecule has 3 aromatic carbocycles. The zero-order chi connectivity index (χ0) is 21.8. The van der Waals surface area contributed by atoms with Crippen molar-refractivity contribution < 1.29 is 3.63 Å². The van der Waals surface area contributed by atoms with E-state index in [4.69, 9.17) is 3.63 Å². The molecule has 0 bridgehead atoms. The van der Waals surface area contributed by atoms with E-state index >= 15 is 0 Å². The minimum absolute atomic E-state index is 0.541. The van der Waals surface area contributed by atoms with E-state index in [0.29, 0.717) is 2.75 Å². The second-order valence-corrected chi connectivity index (χ2v) is 14.7. The summed E-state index contributed by atoms with van der Waals surface area (Å²) < 4.78 is 6.42. The molecule has 0 amide bonds. The third-order valence-corrected chi connectivity index (χ3v) is 10.5. The Balaban J connectivity index is 0.000000165. The van der Waals surface area contributed by atoms with Gasteiger partial charge in [-0.1, -0.05) is 77.2 Å². The van der Waals surface area contributed by atoms with Crippen LogP contribution in [0.15, 0.2) is 93.5 Å². The van der Waals surface area contributed by atoms with Gasteiger partial charge in [0.2, 0.25) is 0 Å². The van der Waals surface area contributed by atoms with Gasteiger partial charge in [-0.2, -0.15) is 0 Å². The molecule has 0 unspecified atom stereocenters. The summed E-state index contributed by atoms with van der Waals surface area (Å²) in [6, 6.07) is 27.9. The molecule has 0 heterocycles. The predicted octanol–water partition coefficient (Wildman–Crippen LogP) is 9.88. The first-order valence-corrected chi connectivity index (χ1v) is 14.7. The first-order valence-electron chi connectivity index (χ1n) is 11.3. The van der Waals surface area contributed by atoms with E-state index < -0.39 is 0 Å². The van der Waals surface area contributed by atoms with Gasteiger partial charge in [0.05, 0.1) is 2.75 Å². The lowest BCUT2D eigenvalue weighted by Gasteiger charge is -2.09. The van der Waals surface area contributed by atoms with Gasteiger partial charge in [0.25, 0.3) is 0 Å². The number of benzene rings is 3. The second-order valence-electron chi connectivity index (χ2n) is 8.66. The maximum Gasteiger partial charge on any atom is 0.0721 e. The van der Waals surface area contributed by atoms with Gasteiger partial charge in [0.15, 0.2) is 0 Å². The standard InChI is InChI=1S/C18H18OS2.C9H9IS/c1-3-7-17(15(5-1)13-9-10-13)20-19-21-18-8-4-2-6-16(18)14-11-12-14;10-9(6-7-9)11-8-4-2-1-3-5-8/h1-8,13-14H,9-12H2;1-5H,6-7H2. The van der Waals surface area contributed by atoms with Gasteiger partial charge < -0.3 is 0 Å². The molecule has 0 N–H and O–H groups in total. The largest absolute Gasteiger partial charge is 0.237 e. The van der Waals surface area contributed by atoms with Crippen LogP contribution in [-0.2, 0) is 3.63 Å². The molecule has 0 aromatic heterocycles. The van der Waals surface area contributed by atoms with Crippen molar-refractivity contribution in [3.63, 3.8) is 0 Å². The lowest BCUT2D eigenvalue weighted by Crippen LogP contribution is -1.85. The van der Waals surface area contributed by atoms with Gasteiger partial charge >= 0.3 is 0 Å². The van der Waals surface area contributed by atoms with Crippen LogP contribution < -0.4 is 0 Å². The van der Waals surface area contributed by atoms with Crippen molar-refractivity contribution in [2.24, 2.45) is 0 Å². The van der Waals surface area contributed by atoms with Crippen molar-refractivity contribution in [1.29, 1.82) is 0 Å². The van der Waals surface area contributed by atoms with Crippen LogP contribution in [0.5, 0.6) is 0 Å². The lowest BCUT2D eigenvalue weighted by atomic mass is 10.1. The highest BCUT2D eigenvalue weighted by Gasteiger charge is 2.40. The van der Waals surface area contributed by atoms with Gasteiger partial charge in [0, 0.05) is 38.8 Å². The number of thioether (sulfide) groups is 1. The molecule has 166 valence electrons. The highest BCUT2D eigenvalue weighted by molar-refractivity contribution is 14.1. The smallest absolute Gasteiger partial charge is 0.0721 e. The molecule has 3 aliphatic carbocycles. The van der Waals surface area contributed by atoms with E-state index in [1.165, 1.54) is 88.4 Å². The van der Waals surface area contributed by atoms with Gasteiger partial charge in [-0.3, -0.25) is 0 Å². The van der Waals surface area contributed by atoms with Gasteiger partial charge in [0.1, 0.15) is 0 Å². The summed E-state index contributed by atoms with van der Waals surface area (Å²) >= 11 is 7.58. The highest BCUT2D eigenvalue weighted by Crippen LogP contribution is 2.56. The topological polar surface area (TPSA) is 9.23 Å². The number of hydrogen-bond acceptors (Lipinski definition) is 4. The molecule has 0 atom stereocenters. The number of halogens is 1. The monoisotopic (exact) mass is 590 g/mol. The average molecular weight is 591 g/mol. The van der Waals surface area contributed by atoms with E-state index in [1.807, 2.05) is 11.8 Å². The summed E-state index contributed by atoms with van der Waals surface area (Å²) in [5.41, 5.74) is 2.91. The Kier molecular flexibility index (Phi) is 7.79. The third kappa shape index (κ3) is 6.72. The predicted molar refractivity (Wildman–Crippen MR) is 148 cm³/mol. The molecule has 6 rings (SSSR count). The van der Waals surface area contributed by atoms with Crippen LogP contribution in [0.3, 0.4) is 0 Å². The molecule has 3 aromatic rings. The normalized spacial score (nSPS) is 18.5. The van der Waals surface area contributed by atoms with Crippen LogP contribution in [0.25, 0.3) is 0 Å². The van der Waals surface area contributed by atoms with Gasteiger partial charge in [-0.25, -0.2) is 3.63 Å². The fourth-order valence-electron chi connectivity index (χ4n) is 3.57. The van der Waals surface area contributed by atoms with E-state index in [2.05, 4.69) is 101 Å². The molecule has 0 saturated heterocycles. The minimum Gasteiger partial charge on any atom is -0.237 e. The zero-order valence-corrected chi connectivity index (χ0v) is 22.5. The Hall–Kier alpha value is -0.600. The maximum atomic E-state index is 5.88. The van der Waals surface area contributed by atoms with Crippen molar-refractivity contribution in [3.8, 4) is 0 Å². The third-order valence-electron chi connectivity index (χ3n) is 5.81. The Labute approximate surface area is 218 Å². The summed E-state index contributed by atoms with van der Waals surface area (Å²) in [5.74, 6) is 1.53. The van der Waals surface area contributed by atoms with Gasteiger partial charge in [-0.05, 0) is 85.8 Å². The van der Waals surface area contributed by atoms with E-state index in [1.54, 1.807) is 0 Å². The van der Waals surface area contributed by atoms with Crippen molar-refractivity contribution in [3.05, 3.63) is 90.0 Å². The molecule has 5 heteroatoms. The summed E-state index contributed by atoms with van der Waals surface area (Å²) in [6.07, 6.45) is 8.05. The van der Waals surface area contributed by atoms with Crippen molar-refractivity contribution >= 4 is 58.4 Å². The first kappa shape index (κ1) is 23.2. The van der Waals surface area contributed by atoms with E-state index in [0.717, 1.165) is 11.8 Å². The maximum absolute atomic E-state index is 5.88. The fraction of sp³-hybridized carbons (Fsp3) is 0.333. The molecular formula is C27H27IOS3. The average Bonchev–Trinajstić information content (AvgIpc) is 3.68. The molecule has 3 aliphatic rings. The Morgan fingerprint density at radius 2 is 1.12 bits per heavy atom. The summed E-state index contributed by atoms with van der Waals surface area (Å²) in [7, 11) is 0. The van der Waals surface area contributed by atoms with Crippen LogP contribution in [0, 0.1) is 0 Å². The van der Waals surface area contributed by atoms with Crippen LogP contribution in [0.1, 0.15) is 61.5 Å². The van der Waals surface area contributed by atoms with Crippen molar-refractivity contribution in [2.45, 2.75) is 67.8 Å². The number of rotatable bonds is 8. The van der Waals surface area contributed by atoms with Crippen LogP contribution >= 0.6 is 58.4 Å². The van der Waals surface area contributed by atoms with Crippen LogP contribution in [-0.4, -0.2) is 2.75 Å². The summed E-state index contributed by atoms with van der Waals surface area (Å²) in [6.45, 7) is 0. The molecule has 1 nitrogen and oxygen atoms in total. The molecule has 3 fully saturated rings. The Morgan fingerprint density at radius 3 is 1.59 bits per heavy atom. The molecule has 0 aliphatic heterocycles. The molecule has 0 spiro atoms. The molecule has 3 saturated carbocycles. The zero-order valence-electron chi connectivity index (χ0n) is 17.9. The number of hydrogen-bond donors (Lipinski definition) is 0.